The molecule has 200 valence electrons. The van der Waals surface area contributed by atoms with Crippen molar-refractivity contribution in [3.8, 4) is 22.7 Å². The molecule has 0 aliphatic carbocycles. The second kappa shape index (κ2) is 11.8. The highest BCUT2D eigenvalue weighted by molar-refractivity contribution is 5.95. The van der Waals surface area contributed by atoms with Crippen LogP contribution in [0.3, 0.4) is 0 Å². The Bertz CT molecular complexity index is 1580. The molecule has 6 nitrogen and oxygen atoms in total. The molecule has 0 radical (unpaired) electrons. The van der Waals surface area contributed by atoms with Crippen LogP contribution in [-0.4, -0.2) is 21.9 Å². The van der Waals surface area contributed by atoms with Crippen LogP contribution in [-0.2, 0) is 12.0 Å². The van der Waals surface area contributed by atoms with E-state index in [-0.39, 0.29) is 11.3 Å². The molecule has 1 aromatic heterocycles. The molecule has 0 unspecified atom stereocenters. The molecule has 0 bridgehead atoms. The van der Waals surface area contributed by atoms with Crippen LogP contribution >= 0.6 is 0 Å². The topological polar surface area (TPSA) is 68.5 Å². The number of para-hydroxylation sites is 1. The Hall–Kier alpha value is -4.97. The van der Waals surface area contributed by atoms with Gasteiger partial charge >= 0.3 is 0 Å². The molecule has 0 saturated carbocycles. The van der Waals surface area contributed by atoms with Crippen LogP contribution in [0.1, 0.15) is 47.8 Å². The van der Waals surface area contributed by atoms with Crippen molar-refractivity contribution in [3.63, 3.8) is 0 Å². The number of hydrogen-bond acceptors (Lipinski definition) is 4. The molecule has 0 atom stereocenters. The van der Waals surface area contributed by atoms with Crippen LogP contribution in [0.2, 0.25) is 0 Å². The minimum absolute atomic E-state index is 0.0225. The van der Waals surface area contributed by atoms with Gasteiger partial charge < -0.3 is 4.74 Å². The molecule has 0 aliphatic heterocycles. The highest BCUT2D eigenvalue weighted by Crippen LogP contribution is 2.26. The number of hydrazone groups is 1. The average Bonchev–Trinajstić information content (AvgIpc) is 3.41. The van der Waals surface area contributed by atoms with Gasteiger partial charge in [-0.15, -0.1) is 0 Å². The standard InChI is InChI=1S/C34H32N4O2/c1-34(2,3)29-18-14-27(15-19-29)33(39)36-35-22-28-23-38(30-12-8-5-9-13-30)37-32(28)26-16-20-31(21-17-26)40-24-25-10-6-4-7-11-25/h4-23H,24H2,1-3H3,(H,36,39)/b35-22+. The summed E-state index contributed by atoms with van der Waals surface area (Å²) in [4.78, 5) is 12.7. The maximum absolute atomic E-state index is 12.7. The fourth-order valence-corrected chi connectivity index (χ4v) is 4.22. The van der Waals surface area contributed by atoms with Crippen molar-refractivity contribution in [2.24, 2.45) is 5.10 Å². The third-order valence-corrected chi connectivity index (χ3v) is 6.52. The minimum atomic E-state index is -0.270. The van der Waals surface area contributed by atoms with Crippen molar-refractivity contribution >= 4 is 12.1 Å². The number of benzene rings is 4. The maximum atomic E-state index is 12.7. The number of nitrogens with zero attached hydrogens (tertiary/aromatic N) is 3. The summed E-state index contributed by atoms with van der Waals surface area (Å²) in [5.74, 6) is 0.503. The molecule has 4 aromatic carbocycles. The second-order valence-corrected chi connectivity index (χ2v) is 10.5. The molecule has 6 heteroatoms. The number of nitrogens with one attached hydrogen (secondary N) is 1. The van der Waals surface area contributed by atoms with Crippen LogP contribution in [0, 0.1) is 0 Å². The van der Waals surface area contributed by atoms with Crippen molar-refractivity contribution in [1.82, 2.24) is 15.2 Å². The second-order valence-electron chi connectivity index (χ2n) is 10.5. The summed E-state index contributed by atoms with van der Waals surface area (Å²) in [6.45, 7) is 6.93. The van der Waals surface area contributed by atoms with Gasteiger partial charge in [0.2, 0.25) is 0 Å². The molecule has 5 rings (SSSR count). The van der Waals surface area contributed by atoms with E-state index in [9.17, 15) is 4.79 Å². The monoisotopic (exact) mass is 528 g/mol. The lowest BCUT2D eigenvalue weighted by atomic mass is 9.87. The highest BCUT2D eigenvalue weighted by Gasteiger charge is 2.15. The first-order valence-corrected chi connectivity index (χ1v) is 13.2. The molecule has 0 saturated heterocycles. The Morgan fingerprint density at radius 1 is 0.875 bits per heavy atom. The van der Waals surface area contributed by atoms with Crippen molar-refractivity contribution in [3.05, 3.63) is 138 Å². The molecular formula is C34H32N4O2. The van der Waals surface area contributed by atoms with E-state index in [1.807, 2.05) is 120 Å². The van der Waals surface area contributed by atoms with Gasteiger partial charge in [0.25, 0.3) is 5.91 Å². The first kappa shape index (κ1) is 26.6. The number of ether oxygens (including phenoxy) is 1. The van der Waals surface area contributed by atoms with Crippen LogP contribution in [0.25, 0.3) is 16.9 Å². The van der Waals surface area contributed by atoms with Crippen LogP contribution in [0.5, 0.6) is 5.75 Å². The minimum Gasteiger partial charge on any atom is -0.489 e. The zero-order valence-corrected chi connectivity index (χ0v) is 22.9. The maximum Gasteiger partial charge on any atom is 0.271 e. The van der Waals surface area contributed by atoms with Gasteiger partial charge in [-0.3, -0.25) is 4.79 Å². The van der Waals surface area contributed by atoms with Crippen LogP contribution < -0.4 is 10.2 Å². The lowest BCUT2D eigenvalue weighted by Crippen LogP contribution is -2.18. The van der Waals surface area contributed by atoms with E-state index in [0.717, 1.165) is 33.8 Å². The molecular weight excluding hydrogens is 496 g/mol. The van der Waals surface area contributed by atoms with Gasteiger partial charge in [-0.05, 0) is 65.1 Å². The largest absolute Gasteiger partial charge is 0.489 e. The fraction of sp³-hybridized carbons (Fsp3) is 0.147. The molecule has 40 heavy (non-hydrogen) atoms. The molecule has 0 fully saturated rings. The Kier molecular flexibility index (Phi) is 7.87. The quantitative estimate of drug-likeness (QED) is 0.171. The van der Waals surface area contributed by atoms with E-state index < -0.39 is 0 Å². The summed E-state index contributed by atoms with van der Waals surface area (Å²) < 4.78 is 7.76. The van der Waals surface area contributed by atoms with Crippen molar-refractivity contribution in [2.75, 3.05) is 0 Å². The molecule has 1 amide bonds. The first-order valence-electron chi connectivity index (χ1n) is 13.2. The summed E-state index contributed by atoms with van der Waals surface area (Å²) in [6, 6.07) is 35.4. The van der Waals surface area contributed by atoms with Crippen molar-refractivity contribution in [1.29, 1.82) is 0 Å². The third-order valence-electron chi connectivity index (χ3n) is 6.52. The van der Waals surface area contributed by atoms with Gasteiger partial charge in [-0.25, -0.2) is 10.1 Å². The van der Waals surface area contributed by atoms with Crippen molar-refractivity contribution < 1.29 is 9.53 Å². The number of rotatable bonds is 8. The van der Waals surface area contributed by atoms with Gasteiger partial charge in [-0.1, -0.05) is 81.4 Å². The Morgan fingerprint density at radius 3 is 2.17 bits per heavy atom. The fourth-order valence-electron chi connectivity index (χ4n) is 4.22. The third kappa shape index (κ3) is 6.53. The molecule has 5 aromatic rings. The zero-order valence-electron chi connectivity index (χ0n) is 22.9. The van der Waals surface area contributed by atoms with E-state index in [1.54, 1.807) is 6.21 Å². The number of carbonyl (C=O) groups excluding carboxylic acids is 1. The van der Waals surface area contributed by atoms with Gasteiger partial charge in [0.15, 0.2) is 0 Å². The molecule has 0 spiro atoms. The highest BCUT2D eigenvalue weighted by atomic mass is 16.5. The van der Waals surface area contributed by atoms with E-state index >= 15 is 0 Å². The van der Waals surface area contributed by atoms with Crippen LogP contribution in [0.4, 0.5) is 0 Å². The van der Waals surface area contributed by atoms with E-state index in [4.69, 9.17) is 9.84 Å². The van der Waals surface area contributed by atoms with Gasteiger partial charge in [0.1, 0.15) is 18.1 Å². The summed E-state index contributed by atoms with van der Waals surface area (Å²) in [5, 5.41) is 9.09. The van der Waals surface area contributed by atoms with Crippen LogP contribution in [0.15, 0.2) is 120 Å². The predicted molar refractivity (Wildman–Crippen MR) is 160 cm³/mol. The zero-order chi connectivity index (χ0) is 28.0. The predicted octanol–water partition coefficient (Wildman–Crippen LogP) is 7.18. The summed E-state index contributed by atoms with van der Waals surface area (Å²) in [7, 11) is 0. The lowest BCUT2D eigenvalue weighted by molar-refractivity contribution is 0.0955. The van der Waals surface area contributed by atoms with E-state index in [2.05, 4.69) is 31.3 Å². The summed E-state index contributed by atoms with van der Waals surface area (Å²) in [5.41, 5.74) is 8.85. The summed E-state index contributed by atoms with van der Waals surface area (Å²) in [6.07, 6.45) is 3.53. The van der Waals surface area contributed by atoms with E-state index in [1.165, 1.54) is 5.56 Å². The number of amides is 1. The average molecular weight is 529 g/mol. The molecule has 1 N–H and O–H groups in total. The normalized spacial score (nSPS) is 11.5. The van der Waals surface area contributed by atoms with E-state index in [0.29, 0.717) is 12.2 Å². The SMILES string of the molecule is CC(C)(C)c1ccc(C(=O)N/N=C/c2cn(-c3ccccc3)nc2-c2ccc(OCc3ccccc3)cc2)cc1. The molecule has 0 aliphatic rings. The molecule has 1 heterocycles. The number of aromatic nitrogens is 2. The smallest absolute Gasteiger partial charge is 0.271 e. The number of hydrogen-bond donors (Lipinski definition) is 1. The number of carbonyl (C=O) groups is 1. The summed E-state index contributed by atoms with van der Waals surface area (Å²) >= 11 is 0. The Balaban J connectivity index is 1.34. The van der Waals surface area contributed by atoms with Gasteiger partial charge in [-0.2, -0.15) is 10.2 Å². The van der Waals surface area contributed by atoms with Gasteiger partial charge in [0.05, 0.1) is 11.9 Å². The van der Waals surface area contributed by atoms with Gasteiger partial charge in [0, 0.05) is 22.9 Å². The Labute approximate surface area is 235 Å². The first-order chi connectivity index (χ1) is 19.4. The van der Waals surface area contributed by atoms with Crippen molar-refractivity contribution in [2.45, 2.75) is 32.8 Å². The Morgan fingerprint density at radius 2 is 1.52 bits per heavy atom. The lowest BCUT2D eigenvalue weighted by Gasteiger charge is -2.18.